The van der Waals surface area contributed by atoms with Gasteiger partial charge < -0.3 is 9.88 Å². The number of hydrogen-bond acceptors (Lipinski definition) is 2. The number of benzene rings is 1. The van der Waals surface area contributed by atoms with Crippen LogP contribution in [0.5, 0.6) is 0 Å². The smallest absolute Gasteiger partial charge is 0.270 e. The van der Waals surface area contributed by atoms with Crippen molar-refractivity contribution in [2.45, 2.75) is 26.9 Å². The van der Waals surface area contributed by atoms with E-state index in [-0.39, 0.29) is 5.91 Å². The minimum absolute atomic E-state index is 0.0392. The van der Waals surface area contributed by atoms with Gasteiger partial charge in [-0.15, -0.1) is 0 Å². The highest BCUT2D eigenvalue weighted by Gasteiger charge is 2.18. The van der Waals surface area contributed by atoms with Gasteiger partial charge in [0.25, 0.3) is 5.91 Å². The molecule has 0 saturated carbocycles. The Kier molecular flexibility index (Phi) is 4.95. The number of aryl methyl sites for hydroxylation is 1. The molecule has 0 saturated heterocycles. The lowest BCUT2D eigenvalue weighted by molar-refractivity contribution is 0.0779. The molecule has 0 fully saturated rings. The van der Waals surface area contributed by atoms with Crippen LogP contribution < -0.4 is 0 Å². The molecule has 25 heavy (non-hydrogen) atoms. The van der Waals surface area contributed by atoms with E-state index in [1.807, 2.05) is 48.9 Å². The van der Waals surface area contributed by atoms with Crippen LogP contribution in [0.2, 0.25) is 5.02 Å². The lowest BCUT2D eigenvalue weighted by atomic mass is 10.1. The number of aromatic amines is 1. The van der Waals surface area contributed by atoms with Gasteiger partial charge >= 0.3 is 0 Å². The summed E-state index contributed by atoms with van der Waals surface area (Å²) in [6.45, 7) is 5.12. The Morgan fingerprint density at radius 3 is 2.68 bits per heavy atom. The van der Waals surface area contributed by atoms with Crippen LogP contribution in [0.15, 0.2) is 42.6 Å². The molecule has 5 nitrogen and oxygen atoms in total. The summed E-state index contributed by atoms with van der Waals surface area (Å²) in [5.41, 5.74) is 4.65. The molecule has 0 aliphatic carbocycles. The molecule has 0 radical (unpaired) electrons. The topological polar surface area (TPSA) is 53.9 Å². The highest BCUT2D eigenvalue weighted by atomic mass is 35.5. The highest BCUT2D eigenvalue weighted by molar-refractivity contribution is 6.31. The van der Waals surface area contributed by atoms with E-state index in [2.05, 4.69) is 10.1 Å². The van der Waals surface area contributed by atoms with Crippen molar-refractivity contribution in [3.63, 3.8) is 0 Å². The maximum Gasteiger partial charge on any atom is 0.270 e. The zero-order valence-corrected chi connectivity index (χ0v) is 15.3. The fourth-order valence-electron chi connectivity index (χ4n) is 2.88. The van der Waals surface area contributed by atoms with Gasteiger partial charge in [-0.05, 0) is 37.6 Å². The molecular weight excluding hydrogens is 336 g/mol. The van der Waals surface area contributed by atoms with E-state index < -0.39 is 0 Å². The van der Waals surface area contributed by atoms with Crippen molar-refractivity contribution in [2.24, 2.45) is 0 Å². The molecule has 130 valence electrons. The average molecular weight is 357 g/mol. The second kappa shape index (κ2) is 7.15. The van der Waals surface area contributed by atoms with Crippen LogP contribution in [0, 0.1) is 13.8 Å². The Hall–Kier alpha value is -2.53. The molecule has 3 rings (SSSR count). The molecule has 0 aliphatic heterocycles. The van der Waals surface area contributed by atoms with Crippen molar-refractivity contribution in [1.29, 1.82) is 0 Å². The lowest BCUT2D eigenvalue weighted by Crippen LogP contribution is -2.27. The summed E-state index contributed by atoms with van der Waals surface area (Å²) in [6, 6.07) is 11.4. The lowest BCUT2D eigenvalue weighted by Gasteiger charge is -2.17. The minimum atomic E-state index is -0.0392. The number of aromatic nitrogens is 3. The van der Waals surface area contributed by atoms with E-state index >= 15 is 0 Å². The molecule has 2 heterocycles. The maximum absolute atomic E-state index is 12.4. The number of carbonyl (C=O) groups excluding carboxylic acids is 1. The number of nitrogens with zero attached hydrogens (tertiary/aromatic N) is 3. The molecule has 0 bridgehead atoms. The Bertz CT molecular complexity index is 883. The number of hydrogen-bond donors (Lipinski definition) is 1. The van der Waals surface area contributed by atoms with Crippen LogP contribution >= 0.6 is 11.6 Å². The second-order valence-electron chi connectivity index (χ2n) is 6.14. The van der Waals surface area contributed by atoms with Gasteiger partial charge in [0.15, 0.2) is 0 Å². The molecular formula is C19H21ClN4O. The van der Waals surface area contributed by atoms with Gasteiger partial charge in [-0.3, -0.25) is 9.48 Å². The first-order chi connectivity index (χ1) is 12.0. The van der Waals surface area contributed by atoms with Crippen molar-refractivity contribution in [2.75, 3.05) is 7.05 Å². The van der Waals surface area contributed by atoms with Crippen LogP contribution in [-0.4, -0.2) is 32.6 Å². The number of amides is 1. The summed E-state index contributed by atoms with van der Waals surface area (Å²) < 4.78 is 1.94. The van der Waals surface area contributed by atoms with E-state index in [4.69, 9.17) is 11.6 Å². The van der Waals surface area contributed by atoms with Gasteiger partial charge in [0, 0.05) is 36.1 Å². The summed E-state index contributed by atoms with van der Waals surface area (Å²) in [4.78, 5) is 17.1. The standard InChI is InChI=1S/C19H21ClN4O/c1-13-16(12-23(3)19(25)18-9-6-10-21-18)14(2)24(22-13)11-15-7-4-5-8-17(15)20/h4-10,21H,11-12H2,1-3H3. The number of carbonyl (C=O) groups is 1. The van der Waals surface area contributed by atoms with Crippen LogP contribution in [0.1, 0.15) is 33.0 Å². The SMILES string of the molecule is Cc1nn(Cc2ccccc2Cl)c(C)c1CN(C)C(=O)c1ccc[nH]1. The zero-order chi connectivity index (χ0) is 18.0. The first-order valence-electron chi connectivity index (χ1n) is 8.12. The zero-order valence-electron chi connectivity index (χ0n) is 14.6. The molecule has 0 atom stereocenters. The van der Waals surface area contributed by atoms with Crippen LogP contribution in [0.25, 0.3) is 0 Å². The molecule has 3 aromatic rings. The predicted octanol–water partition coefficient (Wildman–Crippen LogP) is 3.80. The van der Waals surface area contributed by atoms with Gasteiger partial charge in [-0.2, -0.15) is 5.10 Å². The van der Waals surface area contributed by atoms with Crippen molar-refractivity contribution in [1.82, 2.24) is 19.7 Å². The van der Waals surface area contributed by atoms with Crippen LogP contribution in [0.4, 0.5) is 0 Å². The molecule has 2 aromatic heterocycles. The van der Waals surface area contributed by atoms with Crippen molar-refractivity contribution in [3.05, 3.63) is 75.8 Å². The van der Waals surface area contributed by atoms with Gasteiger partial charge in [0.05, 0.1) is 12.2 Å². The second-order valence-corrected chi connectivity index (χ2v) is 6.55. The van der Waals surface area contributed by atoms with E-state index in [0.717, 1.165) is 27.5 Å². The Balaban J connectivity index is 1.80. The maximum atomic E-state index is 12.4. The monoisotopic (exact) mass is 356 g/mol. The largest absolute Gasteiger partial charge is 0.357 e. The predicted molar refractivity (Wildman–Crippen MR) is 98.8 cm³/mol. The first kappa shape index (κ1) is 17.3. The molecule has 1 amide bonds. The van der Waals surface area contributed by atoms with E-state index in [0.29, 0.717) is 18.8 Å². The highest BCUT2D eigenvalue weighted by Crippen LogP contribution is 2.20. The molecule has 1 aromatic carbocycles. The van der Waals surface area contributed by atoms with Gasteiger partial charge in [-0.25, -0.2) is 0 Å². The summed E-state index contributed by atoms with van der Waals surface area (Å²) >= 11 is 6.26. The molecule has 0 unspecified atom stereocenters. The number of rotatable bonds is 5. The Labute approximate surface area is 152 Å². The third kappa shape index (κ3) is 3.61. The van der Waals surface area contributed by atoms with Crippen LogP contribution in [-0.2, 0) is 13.1 Å². The first-order valence-corrected chi connectivity index (χ1v) is 8.50. The normalized spacial score (nSPS) is 10.9. The molecule has 6 heteroatoms. The average Bonchev–Trinajstić information content (AvgIpc) is 3.21. The summed E-state index contributed by atoms with van der Waals surface area (Å²) in [5.74, 6) is -0.0392. The van der Waals surface area contributed by atoms with Crippen molar-refractivity contribution >= 4 is 17.5 Å². The number of nitrogens with one attached hydrogen (secondary N) is 1. The quantitative estimate of drug-likeness (QED) is 0.756. The van der Waals surface area contributed by atoms with Crippen molar-refractivity contribution in [3.8, 4) is 0 Å². The van der Waals surface area contributed by atoms with E-state index in [1.54, 1.807) is 24.2 Å². The molecule has 0 spiro atoms. The third-order valence-electron chi connectivity index (χ3n) is 4.38. The van der Waals surface area contributed by atoms with Gasteiger partial charge in [-0.1, -0.05) is 29.8 Å². The summed E-state index contributed by atoms with van der Waals surface area (Å²) in [5, 5.41) is 5.37. The summed E-state index contributed by atoms with van der Waals surface area (Å²) in [7, 11) is 1.80. The molecule has 0 aliphatic rings. The van der Waals surface area contributed by atoms with Gasteiger partial charge in [0.2, 0.25) is 0 Å². The van der Waals surface area contributed by atoms with E-state index in [1.165, 1.54) is 0 Å². The number of H-pyrrole nitrogens is 1. The van der Waals surface area contributed by atoms with E-state index in [9.17, 15) is 4.79 Å². The summed E-state index contributed by atoms with van der Waals surface area (Å²) in [6.07, 6.45) is 1.75. The minimum Gasteiger partial charge on any atom is -0.357 e. The fraction of sp³-hybridized carbons (Fsp3) is 0.263. The third-order valence-corrected chi connectivity index (χ3v) is 4.75. The number of halogens is 1. The van der Waals surface area contributed by atoms with Gasteiger partial charge in [0.1, 0.15) is 5.69 Å². The Morgan fingerprint density at radius 2 is 2.00 bits per heavy atom. The van der Waals surface area contributed by atoms with Crippen LogP contribution in [0.3, 0.4) is 0 Å². The fourth-order valence-corrected chi connectivity index (χ4v) is 3.08. The molecule has 1 N–H and O–H groups in total. The Morgan fingerprint density at radius 1 is 1.24 bits per heavy atom. The van der Waals surface area contributed by atoms with Crippen molar-refractivity contribution < 1.29 is 4.79 Å².